The quantitative estimate of drug-likeness (QED) is 0.551. The predicted octanol–water partition coefficient (Wildman–Crippen LogP) is 0.550. The molecule has 128 valence electrons. The molecular formula is C23H13NO3. The summed E-state index contributed by atoms with van der Waals surface area (Å²) in [6.45, 7) is 3.33. The largest absolute Gasteiger partial charge is 0.300 e. The second kappa shape index (κ2) is 15.0. The van der Waals surface area contributed by atoms with Crippen LogP contribution in [0.3, 0.4) is 0 Å². The second-order valence-corrected chi connectivity index (χ2v) is 4.38. The van der Waals surface area contributed by atoms with E-state index in [-0.39, 0.29) is 30.6 Å². The Balaban J connectivity index is 0.000000511. The van der Waals surface area contributed by atoms with E-state index in [4.69, 9.17) is 6.42 Å². The highest BCUT2D eigenvalue weighted by Gasteiger charge is 2.22. The van der Waals surface area contributed by atoms with Gasteiger partial charge in [-0.05, 0) is 84.9 Å². The van der Waals surface area contributed by atoms with Crippen molar-refractivity contribution in [2.24, 2.45) is 0 Å². The number of rotatable bonds is 3. The van der Waals surface area contributed by atoms with Gasteiger partial charge in [0.25, 0.3) is 11.8 Å². The Morgan fingerprint density at radius 2 is 1.26 bits per heavy atom. The van der Waals surface area contributed by atoms with E-state index in [1.54, 1.807) is 6.92 Å². The fourth-order valence-corrected chi connectivity index (χ4v) is 1.30. The van der Waals surface area contributed by atoms with Crippen molar-refractivity contribution in [3.05, 3.63) is 12.2 Å². The molecule has 27 heavy (non-hydrogen) atoms. The lowest BCUT2D eigenvalue weighted by Gasteiger charge is -2.11. The minimum Gasteiger partial charge on any atom is -0.300 e. The first-order valence-electron chi connectivity index (χ1n) is 7.43. The predicted molar refractivity (Wildman–Crippen MR) is 102 cm³/mol. The Hall–Kier alpha value is -4.53. The fourth-order valence-electron chi connectivity index (χ4n) is 1.30. The van der Waals surface area contributed by atoms with Gasteiger partial charge in [0.15, 0.2) is 0 Å². The Morgan fingerprint density at radius 3 is 1.63 bits per heavy atom. The number of hydrogen-bond acceptors (Lipinski definition) is 3. The molecule has 0 spiro atoms. The molecule has 0 fully saturated rings. The first kappa shape index (κ1) is 22.5. The number of imide groups is 1. The summed E-state index contributed by atoms with van der Waals surface area (Å²) in [7, 11) is 0. The zero-order valence-corrected chi connectivity index (χ0v) is 14.8. The molecule has 0 aromatic heterocycles. The van der Waals surface area contributed by atoms with Crippen LogP contribution in [-0.4, -0.2) is 29.0 Å². The van der Waals surface area contributed by atoms with Gasteiger partial charge in [0, 0.05) is 25.1 Å². The zero-order valence-electron chi connectivity index (χ0n) is 14.8. The van der Waals surface area contributed by atoms with Crippen LogP contribution in [-0.2, 0) is 14.4 Å². The number of ketones is 1. The van der Waals surface area contributed by atoms with Gasteiger partial charge in [-0.15, -0.1) is 6.42 Å². The van der Waals surface area contributed by atoms with Gasteiger partial charge in [0.1, 0.15) is 5.78 Å². The van der Waals surface area contributed by atoms with Gasteiger partial charge in [-0.3, -0.25) is 19.3 Å². The number of amides is 2. The molecule has 0 unspecified atom stereocenters. The van der Waals surface area contributed by atoms with Crippen molar-refractivity contribution in [2.45, 2.75) is 20.3 Å². The van der Waals surface area contributed by atoms with Gasteiger partial charge in [-0.1, -0.05) is 5.92 Å². The highest BCUT2D eigenvalue weighted by Crippen LogP contribution is 2.03. The number of hydrogen-bond donors (Lipinski definition) is 0. The lowest BCUT2D eigenvalue weighted by atomic mass is 10.3. The van der Waals surface area contributed by atoms with Crippen molar-refractivity contribution in [1.29, 1.82) is 0 Å². The minimum atomic E-state index is -0.332. The van der Waals surface area contributed by atoms with Gasteiger partial charge in [0.05, 0.1) is 0 Å². The third-order valence-corrected chi connectivity index (χ3v) is 2.41. The topological polar surface area (TPSA) is 54.5 Å². The summed E-state index contributed by atoms with van der Waals surface area (Å²) >= 11 is 0. The van der Waals surface area contributed by atoms with E-state index in [2.05, 4.69) is 77.0 Å². The van der Waals surface area contributed by atoms with E-state index in [1.807, 2.05) is 0 Å². The van der Waals surface area contributed by atoms with E-state index < -0.39 is 0 Å². The van der Waals surface area contributed by atoms with Crippen molar-refractivity contribution in [2.75, 3.05) is 6.54 Å². The van der Waals surface area contributed by atoms with Crippen molar-refractivity contribution in [1.82, 2.24) is 4.90 Å². The molecule has 1 heterocycles. The van der Waals surface area contributed by atoms with E-state index in [1.165, 1.54) is 19.1 Å². The summed E-state index contributed by atoms with van der Waals surface area (Å²) in [5.41, 5.74) is 0. The Labute approximate surface area is 159 Å². The average Bonchev–Trinajstić information content (AvgIpc) is 2.96. The molecular weight excluding hydrogens is 338 g/mol. The summed E-state index contributed by atoms with van der Waals surface area (Å²) in [6.07, 6.45) is 7.53. The molecule has 1 rings (SSSR count). The highest BCUT2D eigenvalue weighted by atomic mass is 16.2. The summed E-state index contributed by atoms with van der Waals surface area (Å²) in [5, 5.41) is 0. The number of carbonyl (C=O) groups is 3. The molecule has 0 saturated carbocycles. The molecule has 0 bridgehead atoms. The molecule has 0 N–H and O–H groups in total. The maximum absolute atomic E-state index is 10.9. The summed E-state index contributed by atoms with van der Waals surface area (Å²) in [5.74, 6) is 31.2. The monoisotopic (exact) mass is 351 g/mol. The zero-order chi connectivity index (χ0) is 20.3. The molecule has 1 aliphatic heterocycles. The molecule has 1 aliphatic rings. The van der Waals surface area contributed by atoms with Crippen LogP contribution >= 0.6 is 0 Å². The normalized spacial score (nSPS) is 9.15. The van der Waals surface area contributed by atoms with Crippen LogP contribution in [0.15, 0.2) is 12.2 Å². The molecule has 0 radical (unpaired) electrons. The van der Waals surface area contributed by atoms with Gasteiger partial charge in [-0.25, -0.2) is 0 Å². The van der Waals surface area contributed by atoms with Crippen molar-refractivity contribution in [3.63, 3.8) is 0 Å². The van der Waals surface area contributed by atoms with Gasteiger partial charge in [-0.2, -0.15) is 0 Å². The Morgan fingerprint density at radius 1 is 0.852 bits per heavy atom. The van der Waals surface area contributed by atoms with Crippen molar-refractivity contribution >= 4 is 17.6 Å². The minimum absolute atomic E-state index is 0.0255. The third kappa shape index (κ3) is 12.5. The smallest absolute Gasteiger partial charge is 0.253 e. The maximum Gasteiger partial charge on any atom is 0.253 e. The lowest BCUT2D eigenvalue weighted by molar-refractivity contribution is -0.137. The van der Waals surface area contributed by atoms with Crippen LogP contribution in [0.1, 0.15) is 20.3 Å². The first-order chi connectivity index (χ1) is 13.0. The molecule has 0 aliphatic carbocycles. The molecule has 0 saturated heterocycles. The van der Waals surface area contributed by atoms with Crippen LogP contribution in [0.25, 0.3) is 0 Å². The number of Topliss-reactive ketones (excluding diaryl/α,β-unsaturated/α-hetero) is 1. The maximum atomic E-state index is 10.9. The molecule has 4 heteroatoms. The van der Waals surface area contributed by atoms with Crippen LogP contribution < -0.4 is 0 Å². The molecule has 0 atom stereocenters. The molecule has 4 nitrogen and oxygen atoms in total. The van der Waals surface area contributed by atoms with Crippen molar-refractivity contribution < 1.29 is 14.4 Å². The van der Waals surface area contributed by atoms with Gasteiger partial charge >= 0.3 is 0 Å². The van der Waals surface area contributed by atoms with Crippen LogP contribution in [0.5, 0.6) is 0 Å². The standard InChI is InChI=1S/C15H4.C8H9NO3/c1-3-5-7-9-11-13-15-14-12-10-8-6-4-2;1-6(10)4-5-9-7(11)2-3-8(9)12/h1H,2H3;2-3H,4-5H2,1H3. The van der Waals surface area contributed by atoms with E-state index >= 15 is 0 Å². The van der Waals surface area contributed by atoms with E-state index in [9.17, 15) is 14.4 Å². The SMILES string of the molecule is C#CC#CC#CC#CC#CC#CC#CC.CC(=O)CCN1C(=O)C=CC1=O. The first-order valence-corrected chi connectivity index (χ1v) is 7.43. The summed E-state index contributed by atoms with van der Waals surface area (Å²) < 4.78 is 0. The molecule has 2 amide bonds. The number of terminal acetylenes is 1. The Kier molecular flexibility index (Phi) is 12.5. The summed E-state index contributed by atoms with van der Waals surface area (Å²) in [4.78, 5) is 33.4. The Bertz CT molecular complexity index is 1030. The second-order valence-electron chi connectivity index (χ2n) is 4.38. The highest BCUT2D eigenvalue weighted by molar-refractivity contribution is 6.13. The van der Waals surface area contributed by atoms with Crippen LogP contribution in [0.4, 0.5) is 0 Å². The van der Waals surface area contributed by atoms with E-state index in [0.29, 0.717) is 0 Å². The summed E-state index contributed by atoms with van der Waals surface area (Å²) in [6, 6.07) is 0. The third-order valence-electron chi connectivity index (χ3n) is 2.41. The van der Waals surface area contributed by atoms with Crippen molar-refractivity contribution in [3.8, 4) is 83.4 Å². The van der Waals surface area contributed by atoms with Crippen LogP contribution in [0, 0.1) is 83.4 Å². The van der Waals surface area contributed by atoms with Crippen LogP contribution in [0.2, 0.25) is 0 Å². The lowest BCUT2D eigenvalue weighted by Crippen LogP contribution is -2.31. The average molecular weight is 351 g/mol. The number of nitrogens with zero attached hydrogens (tertiary/aromatic N) is 1. The van der Waals surface area contributed by atoms with Gasteiger partial charge < -0.3 is 0 Å². The fraction of sp³-hybridized carbons (Fsp3) is 0.174. The molecule has 0 aromatic carbocycles. The molecule has 0 aromatic rings. The van der Waals surface area contributed by atoms with E-state index in [0.717, 1.165) is 4.90 Å². The number of carbonyl (C=O) groups excluding carboxylic acids is 3. The van der Waals surface area contributed by atoms with Gasteiger partial charge in [0.2, 0.25) is 0 Å².